The molecule has 0 radical (unpaired) electrons. The fourth-order valence-corrected chi connectivity index (χ4v) is 5.54. The first-order valence-electron chi connectivity index (χ1n) is 12.2. The van der Waals surface area contributed by atoms with Crippen molar-refractivity contribution in [2.75, 3.05) is 24.2 Å². The molecule has 10 nitrogen and oxygen atoms in total. The zero-order valence-electron chi connectivity index (χ0n) is 20.9. The molecule has 1 fully saturated rings. The van der Waals surface area contributed by atoms with E-state index < -0.39 is 16.4 Å². The number of sulfone groups is 1. The average Bonchev–Trinajstić information content (AvgIpc) is 3.40. The molecule has 0 unspecified atom stereocenters. The van der Waals surface area contributed by atoms with Crippen molar-refractivity contribution in [2.24, 2.45) is 0 Å². The number of hydrogen-bond donors (Lipinski definition) is 0. The maximum Gasteiger partial charge on any atom is 0.387 e. The van der Waals surface area contributed by atoms with Gasteiger partial charge in [-0.05, 0) is 60.9 Å². The molecule has 3 heterocycles. The van der Waals surface area contributed by atoms with Crippen LogP contribution in [0, 0.1) is 0 Å². The highest BCUT2D eigenvalue weighted by Gasteiger charge is 2.26. The summed E-state index contributed by atoms with van der Waals surface area (Å²) in [7, 11) is -3.05. The summed E-state index contributed by atoms with van der Waals surface area (Å²) in [4.78, 5) is 19.0. The molecule has 204 valence electrons. The van der Waals surface area contributed by atoms with Gasteiger partial charge in [0.2, 0.25) is 5.82 Å². The topological polar surface area (TPSA) is 120 Å². The lowest BCUT2D eigenvalue weighted by molar-refractivity contribution is -0.0498. The quantitative estimate of drug-likeness (QED) is 0.320. The minimum Gasteiger partial charge on any atom is -0.435 e. The van der Waals surface area contributed by atoms with Gasteiger partial charge in [0, 0.05) is 36.7 Å². The van der Waals surface area contributed by atoms with Crippen LogP contribution in [0.1, 0.15) is 18.4 Å². The molecular weight excluding hydrogens is 532 g/mol. The first kappa shape index (κ1) is 26.5. The number of anilines is 1. The SMILES string of the molecule is CS(=O)(=O)C1CCN(c2cccc(Cn3nc(-c4nc(-c5ccc(OC(F)F)cc5)no4)ccc3=O)c2)CC1. The molecule has 0 bridgehead atoms. The van der Waals surface area contributed by atoms with Crippen LogP contribution in [0.5, 0.6) is 5.75 Å². The highest BCUT2D eigenvalue weighted by atomic mass is 32.2. The number of halogens is 2. The summed E-state index contributed by atoms with van der Waals surface area (Å²) in [6, 6.07) is 16.4. The Bertz CT molecular complexity index is 1610. The van der Waals surface area contributed by atoms with Crippen molar-refractivity contribution in [2.45, 2.75) is 31.2 Å². The van der Waals surface area contributed by atoms with Crippen molar-refractivity contribution < 1.29 is 26.5 Å². The van der Waals surface area contributed by atoms with Crippen molar-refractivity contribution in [3.8, 4) is 28.7 Å². The molecule has 13 heteroatoms. The molecule has 0 spiro atoms. The monoisotopic (exact) mass is 557 g/mol. The van der Waals surface area contributed by atoms with Crippen LogP contribution in [0.3, 0.4) is 0 Å². The highest BCUT2D eigenvalue weighted by molar-refractivity contribution is 7.91. The van der Waals surface area contributed by atoms with E-state index in [1.54, 1.807) is 0 Å². The van der Waals surface area contributed by atoms with Gasteiger partial charge < -0.3 is 14.2 Å². The molecule has 5 rings (SSSR count). The number of hydrogen-bond acceptors (Lipinski definition) is 9. The van der Waals surface area contributed by atoms with E-state index in [9.17, 15) is 22.0 Å². The standard InChI is InChI=1S/C26H25F2N5O5S/c1-39(35,36)21-11-13-32(14-12-21)19-4-2-3-17(15-19)16-33-23(34)10-9-22(30-33)25-29-24(31-38-25)18-5-7-20(8-6-18)37-26(27)28/h2-10,15,21,26H,11-14,16H2,1H3. The van der Waals surface area contributed by atoms with E-state index in [0.717, 1.165) is 11.3 Å². The highest BCUT2D eigenvalue weighted by Crippen LogP contribution is 2.25. The number of aromatic nitrogens is 4. The van der Waals surface area contributed by atoms with Gasteiger partial charge in [-0.3, -0.25) is 4.79 Å². The Kier molecular flexibility index (Phi) is 7.42. The second-order valence-corrected chi connectivity index (χ2v) is 11.6. The van der Waals surface area contributed by atoms with Crippen LogP contribution in [0.15, 0.2) is 70.0 Å². The zero-order chi connectivity index (χ0) is 27.6. The van der Waals surface area contributed by atoms with Crippen LogP contribution in [-0.4, -0.2) is 59.5 Å². The third-order valence-corrected chi connectivity index (χ3v) is 8.19. The molecular formula is C26H25F2N5O5S. The molecule has 1 aliphatic rings. The first-order valence-corrected chi connectivity index (χ1v) is 14.1. The third-order valence-electron chi connectivity index (χ3n) is 6.50. The number of ether oxygens (including phenoxy) is 1. The van der Waals surface area contributed by atoms with Crippen molar-refractivity contribution in [3.63, 3.8) is 0 Å². The molecule has 0 amide bonds. The van der Waals surface area contributed by atoms with Crippen molar-refractivity contribution in [3.05, 3.63) is 76.6 Å². The Morgan fingerprint density at radius 1 is 1.08 bits per heavy atom. The van der Waals surface area contributed by atoms with E-state index in [1.165, 1.54) is 47.3 Å². The average molecular weight is 558 g/mol. The molecule has 0 atom stereocenters. The third kappa shape index (κ3) is 6.30. The summed E-state index contributed by atoms with van der Waals surface area (Å²) in [5, 5.41) is 8.01. The van der Waals surface area contributed by atoms with E-state index in [1.807, 2.05) is 24.3 Å². The lowest BCUT2D eigenvalue weighted by Crippen LogP contribution is -2.39. The molecule has 1 saturated heterocycles. The molecule has 2 aromatic heterocycles. The molecule has 0 saturated carbocycles. The second-order valence-electron chi connectivity index (χ2n) is 9.23. The van der Waals surface area contributed by atoms with Gasteiger partial charge in [0.1, 0.15) is 21.3 Å². The fourth-order valence-electron chi connectivity index (χ4n) is 4.47. The lowest BCUT2D eigenvalue weighted by Gasteiger charge is -2.33. The van der Waals surface area contributed by atoms with Gasteiger partial charge in [-0.1, -0.05) is 17.3 Å². The van der Waals surface area contributed by atoms with Gasteiger partial charge in [-0.15, -0.1) is 0 Å². The summed E-state index contributed by atoms with van der Waals surface area (Å²) in [6.07, 6.45) is 2.44. The fraction of sp³-hybridized carbons (Fsp3) is 0.308. The van der Waals surface area contributed by atoms with Gasteiger partial charge in [0.25, 0.3) is 11.4 Å². The van der Waals surface area contributed by atoms with Gasteiger partial charge in [-0.25, -0.2) is 13.1 Å². The predicted molar refractivity (Wildman–Crippen MR) is 139 cm³/mol. The Morgan fingerprint density at radius 3 is 2.51 bits per heavy atom. The molecule has 1 aliphatic heterocycles. The van der Waals surface area contributed by atoms with Crippen molar-refractivity contribution in [1.82, 2.24) is 19.9 Å². The van der Waals surface area contributed by atoms with E-state index in [2.05, 4.69) is 24.9 Å². The van der Waals surface area contributed by atoms with Gasteiger partial charge in [0.15, 0.2) is 0 Å². The summed E-state index contributed by atoms with van der Waals surface area (Å²) in [5.41, 5.74) is 2.31. The predicted octanol–water partition coefficient (Wildman–Crippen LogP) is 3.62. The van der Waals surface area contributed by atoms with Crippen LogP contribution in [0.2, 0.25) is 0 Å². The number of nitrogens with zero attached hydrogens (tertiary/aromatic N) is 5. The van der Waals surface area contributed by atoms with E-state index in [-0.39, 0.29) is 34.8 Å². The summed E-state index contributed by atoms with van der Waals surface area (Å²) in [6.45, 7) is -1.45. The Balaban J connectivity index is 1.31. The number of benzene rings is 2. The Morgan fingerprint density at radius 2 is 1.82 bits per heavy atom. The smallest absolute Gasteiger partial charge is 0.387 e. The molecule has 0 N–H and O–H groups in total. The van der Waals surface area contributed by atoms with Crippen LogP contribution in [-0.2, 0) is 16.4 Å². The number of rotatable bonds is 8. The first-order chi connectivity index (χ1) is 18.7. The van der Waals surface area contributed by atoms with Gasteiger partial charge >= 0.3 is 6.61 Å². The number of piperidine rings is 1. The minimum absolute atomic E-state index is 0.00802. The summed E-state index contributed by atoms with van der Waals surface area (Å²) in [5.74, 6) is 0.323. The van der Waals surface area contributed by atoms with Crippen molar-refractivity contribution in [1.29, 1.82) is 0 Å². The zero-order valence-corrected chi connectivity index (χ0v) is 21.7. The van der Waals surface area contributed by atoms with Gasteiger partial charge in [-0.2, -0.15) is 18.9 Å². The van der Waals surface area contributed by atoms with Crippen LogP contribution < -0.4 is 15.2 Å². The molecule has 0 aliphatic carbocycles. The Hall–Kier alpha value is -4.13. The number of alkyl halides is 2. The minimum atomic E-state index is -3.05. The normalized spacial score (nSPS) is 14.6. The molecule has 4 aromatic rings. The molecule has 39 heavy (non-hydrogen) atoms. The van der Waals surface area contributed by atoms with Crippen LogP contribution >= 0.6 is 0 Å². The summed E-state index contributed by atoms with van der Waals surface area (Å²) < 4.78 is 59.5. The van der Waals surface area contributed by atoms with E-state index >= 15 is 0 Å². The summed E-state index contributed by atoms with van der Waals surface area (Å²) >= 11 is 0. The van der Waals surface area contributed by atoms with E-state index in [0.29, 0.717) is 37.2 Å². The van der Waals surface area contributed by atoms with Crippen molar-refractivity contribution >= 4 is 15.5 Å². The Labute approximate surface area is 222 Å². The maximum atomic E-state index is 12.6. The second kappa shape index (κ2) is 10.9. The lowest BCUT2D eigenvalue weighted by atomic mass is 10.1. The largest absolute Gasteiger partial charge is 0.435 e. The van der Waals surface area contributed by atoms with Crippen LogP contribution in [0.25, 0.3) is 23.0 Å². The van der Waals surface area contributed by atoms with E-state index in [4.69, 9.17) is 4.52 Å². The molecule has 2 aromatic carbocycles. The van der Waals surface area contributed by atoms with Gasteiger partial charge in [0.05, 0.1) is 11.8 Å². The van der Waals surface area contributed by atoms with Crippen LogP contribution in [0.4, 0.5) is 14.5 Å². The maximum absolute atomic E-state index is 12.6.